The summed E-state index contributed by atoms with van der Waals surface area (Å²) < 4.78 is 13.6. The molecule has 1 aromatic heterocycles. The lowest BCUT2D eigenvalue weighted by molar-refractivity contribution is 0.194. The first-order valence-electron chi connectivity index (χ1n) is 6.16. The van der Waals surface area contributed by atoms with Gasteiger partial charge in [-0.1, -0.05) is 18.2 Å². The molecule has 0 aliphatic rings. The predicted molar refractivity (Wildman–Crippen MR) is 73.4 cm³/mol. The van der Waals surface area contributed by atoms with Crippen molar-refractivity contribution in [3.63, 3.8) is 0 Å². The van der Waals surface area contributed by atoms with E-state index in [4.69, 9.17) is 0 Å². The van der Waals surface area contributed by atoms with Crippen molar-refractivity contribution in [3.8, 4) is 0 Å². The van der Waals surface area contributed by atoms with Gasteiger partial charge in [-0.2, -0.15) is 0 Å². The lowest BCUT2D eigenvalue weighted by atomic mass is 10.2. The van der Waals surface area contributed by atoms with Crippen LogP contribution in [-0.2, 0) is 6.54 Å². The third kappa shape index (κ3) is 3.29. The van der Waals surface area contributed by atoms with Crippen molar-refractivity contribution in [2.24, 2.45) is 0 Å². The number of anilines is 1. The first-order valence-corrected chi connectivity index (χ1v) is 6.16. The number of pyridine rings is 1. The molecule has 19 heavy (non-hydrogen) atoms. The standard InChI is InChI=1S/C15H17FN2O/c1-11(19)15-8-7-13(9-17-15)18(2)10-12-5-3-4-6-14(12)16/h3-9,11,19H,10H2,1-2H3/t11-/m1/s1. The average Bonchev–Trinajstić information content (AvgIpc) is 2.41. The highest BCUT2D eigenvalue weighted by Crippen LogP contribution is 2.18. The molecule has 0 aliphatic carbocycles. The SMILES string of the molecule is C[C@@H](O)c1ccc(N(C)Cc2ccccc2F)cn1. The van der Waals surface area contributed by atoms with Crippen LogP contribution >= 0.6 is 0 Å². The Morgan fingerprint density at radius 2 is 2.00 bits per heavy atom. The van der Waals surface area contributed by atoms with Crippen molar-refractivity contribution in [2.45, 2.75) is 19.6 Å². The van der Waals surface area contributed by atoms with Crippen molar-refractivity contribution < 1.29 is 9.50 Å². The molecule has 0 bridgehead atoms. The van der Waals surface area contributed by atoms with E-state index in [1.807, 2.05) is 24.1 Å². The first kappa shape index (κ1) is 13.5. The third-order valence-electron chi connectivity index (χ3n) is 3.00. The fourth-order valence-electron chi connectivity index (χ4n) is 1.84. The van der Waals surface area contributed by atoms with Crippen LogP contribution in [0, 0.1) is 5.82 Å². The molecule has 0 saturated carbocycles. The van der Waals surface area contributed by atoms with E-state index in [0.29, 0.717) is 17.8 Å². The molecule has 2 aromatic rings. The molecule has 0 aliphatic heterocycles. The van der Waals surface area contributed by atoms with E-state index < -0.39 is 6.10 Å². The summed E-state index contributed by atoms with van der Waals surface area (Å²) in [6, 6.07) is 10.4. The molecule has 0 fully saturated rings. The van der Waals surface area contributed by atoms with Crippen LogP contribution in [0.3, 0.4) is 0 Å². The molecule has 0 amide bonds. The van der Waals surface area contributed by atoms with Crippen LogP contribution in [0.4, 0.5) is 10.1 Å². The normalized spacial score (nSPS) is 12.2. The molecule has 3 nitrogen and oxygen atoms in total. The first-order chi connectivity index (χ1) is 9.08. The highest BCUT2D eigenvalue weighted by molar-refractivity contribution is 5.44. The fourth-order valence-corrected chi connectivity index (χ4v) is 1.84. The quantitative estimate of drug-likeness (QED) is 0.918. The highest BCUT2D eigenvalue weighted by Gasteiger charge is 2.07. The van der Waals surface area contributed by atoms with Crippen molar-refractivity contribution in [3.05, 3.63) is 59.7 Å². The topological polar surface area (TPSA) is 36.4 Å². The summed E-state index contributed by atoms with van der Waals surface area (Å²) in [6.45, 7) is 2.15. The number of benzene rings is 1. The molecular formula is C15H17FN2O. The molecule has 0 spiro atoms. The zero-order valence-corrected chi connectivity index (χ0v) is 11.0. The lowest BCUT2D eigenvalue weighted by Crippen LogP contribution is -2.17. The van der Waals surface area contributed by atoms with Gasteiger partial charge in [-0.15, -0.1) is 0 Å². The van der Waals surface area contributed by atoms with Gasteiger partial charge in [0, 0.05) is 19.2 Å². The van der Waals surface area contributed by atoms with Crippen molar-refractivity contribution in [1.29, 1.82) is 0 Å². The largest absolute Gasteiger partial charge is 0.387 e. The summed E-state index contributed by atoms with van der Waals surface area (Å²) in [6.07, 6.45) is 1.11. The molecule has 1 atom stereocenters. The van der Waals surface area contributed by atoms with Gasteiger partial charge in [0.05, 0.1) is 23.7 Å². The van der Waals surface area contributed by atoms with Gasteiger partial charge in [0.2, 0.25) is 0 Å². The summed E-state index contributed by atoms with van der Waals surface area (Å²) >= 11 is 0. The van der Waals surface area contributed by atoms with Crippen LogP contribution in [0.5, 0.6) is 0 Å². The van der Waals surface area contributed by atoms with Crippen LogP contribution in [0.25, 0.3) is 0 Å². The van der Waals surface area contributed by atoms with Crippen molar-refractivity contribution >= 4 is 5.69 Å². The number of rotatable bonds is 4. The fraction of sp³-hybridized carbons (Fsp3) is 0.267. The van der Waals surface area contributed by atoms with Crippen LogP contribution in [-0.4, -0.2) is 17.1 Å². The Bertz CT molecular complexity index is 540. The van der Waals surface area contributed by atoms with E-state index in [-0.39, 0.29) is 5.82 Å². The van der Waals surface area contributed by atoms with Crippen LogP contribution in [0.1, 0.15) is 24.3 Å². The van der Waals surface area contributed by atoms with Gasteiger partial charge in [0.25, 0.3) is 0 Å². The van der Waals surface area contributed by atoms with Gasteiger partial charge in [0.1, 0.15) is 5.82 Å². The molecule has 1 heterocycles. The van der Waals surface area contributed by atoms with E-state index in [1.54, 1.807) is 31.3 Å². The molecule has 0 unspecified atom stereocenters. The van der Waals surface area contributed by atoms with E-state index in [9.17, 15) is 9.50 Å². The minimum atomic E-state index is -0.578. The van der Waals surface area contributed by atoms with E-state index in [0.717, 1.165) is 5.69 Å². The Morgan fingerprint density at radius 3 is 2.58 bits per heavy atom. The summed E-state index contributed by atoms with van der Waals surface area (Å²) in [5, 5.41) is 9.40. The Morgan fingerprint density at radius 1 is 1.26 bits per heavy atom. The number of aromatic nitrogens is 1. The maximum absolute atomic E-state index is 13.6. The maximum atomic E-state index is 13.6. The van der Waals surface area contributed by atoms with Gasteiger partial charge in [0.15, 0.2) is 0 Å². The molecule has 100 valence electrons. The Labute approximate surface area is 112 Å². The van der Waals surface area contributed by atoms with Gasteiger partial charge < -0.3 is 10.0 Å². The van der Waals surface area contributed by atoms with Crippen molar-refractivity contribution in [2.75, 3.05) is 11.9 Å². The zero-order valence-electron chi connectivity index (χ0n) is 11.0. The van der Waals surface area contributed by atoms with Crippen LogP contribution in [0.2, 0.25) is 0 Å². The van der Waals surface area contributed by atoms with Crippen LogP contribution < -0.4 is 4.90 Å². The van der Waals surface area contributed by atoms with Crippen LogP contribution in [0.15, 0.2) is 42.6 Å². The van der Waals surface area contributed by atoms with Gasteiger partial charge in [-0.3, -0.25) is 4.98 Å². The average molecular weight is 260 g/mol. The molecule has 2 rings (SSSR count). The zero-order chi connectivity index (χ0) is 13.8. The van der Waals surface area contributed by atoms with Crippen molar-refractivity contribution in [1.82, 2.24) is 4.98 Å². The van der Waals surface area contributed by atoms with Gasteiger partial charge in [-0.05, 0) is 25.1 Å². The Kier molecular flexibility index (Phi) is 4.12. The second-order valence-electron chi connectivity index (χ2n) is 4.56. The number of halogens is 1. The summed E-state index contributed by atoms with van der Waals surface area (Å²) in [5.41, 5.74) is 2.15. The summed E-state index contributed by atoms with van der Waals surface area (Å²) in [4.78, 5) is 6.09. The number of hydrogen-bond donors (Lipinski definition) is 1. The minimum absolute atomic E-state index is 0.206. The van der Waals surface area contributed by atoms with Gasteiger partial charge >= 0.3 is 0 Å². The highest BCUT2D eigenvalue weighted by atomic mass is 19.1. The number of aliphatic hydroxyl groups is 1. The molecular weight excluding hydrogens is 243 g/mol. The molecule has 4 heteroatoms. The molecule has 0 radical (unpaired) electrons. The van der Waals surface area contributed by atoms with E-state index in [1.165, 1.54) is 6.07 Å². The molecule has 0 saturated heterocycles. The number of aliphatic hydroxyl groups excluding tert-OH is 1. The van der Waals surface area contributed by atoms with Gasteiger partial charge in [-0.25, -0.2) is 4.39 Å². The third-order valence-corrected chi connectivity index (χ3v) is 3.00. The second-order valence-corrected chi connectivity index (χ2v) is 4.56. The smallest absolute Gasteiger partial charge is 0.128 e. The predicted octanol–water partition coefficient (Wildman–Crippen LogP) is 2.91. The van der Waals surface area contributed by atoms with E-state index >= 15 is 0 Å². The molecule has 1 N–H and O–H groups in total. The minimum Gasteiger partial charge on any atom is -0.387 e. The monoisotopic (exact) mass is 260 g/mol. The number of nitrogens with zero attached hydrogens (tertiary/aromatic N) is 2. The second kappa shape index (κ2) is 5.80. The Balaban J connectivity index is 2.12. The lowest BCUT2D eigenvalue weighted by Gasteiger charge is -2.19. The summed E-state index contributed by atoms with van der Waals surface area (Å²) in [5.74, 6) is -0.206. The molecule has 1 aromatic carbocycles. The Hall–Kier alpha value is -1.94. The summed E-state index contributed by atoms with van der Waals surface area (Å²) in [7, 11) is 1.88. The van der Waals surface area contributed by atoms with E-state index in [2.05, 4.69) is 4.98 Å². The number of hydrogen-bond acceptors (Lipinski definition) is 3. The maximum Gasteiger partial charge on any atom is 0.128 e.